The van der Waals surface area contributed by atoms with Gasteiger partial charge in [0.2, 0.25) is 0 Å². The minimum atomic E-state index is 0.640. The first-order valence-electron chi connectivity index (χ1n) is 7.53. The van der Waals surface area contributed by atoms with E-state index in [1.54, 1.807) is 6.33 Å². The molecule has 1 aromatic heterocycles. The van der Waals surface area contributed by atoms with Crippen molar-refractivity contribution in [2.24, 2.45) is 5.92 Å². The number of aromatic nitrogens is 2. The fourth-order valence-electron chi connectivity index (χ4n) is 2.06. The van der Waals surface area contributed by atoms with Gasteiger partial charge in [0.25, 0.3) is 0 Å². The molecule has 5 heteroatoms. The molecule has 20 heavy (non-hydrogen) atoms. The molecule has 0 saturated heterocycles. The normalized spacial score (nSPS) is 12.2. The zero-order valence-corrected chi connectivity index (χ0v) is 14.0. The van der Waals surface area contributed by atoms with Crippen molar-refractivity contribution in [3.05, 3.63) is 11.9 Å². The summed E-state index contributed by atoms with van der Waals surface area (Å²) in [5, 5.41) is 6.90. The van der Waals surface area contributed by atoms with E-state index in [2.05, 4.69) is 47.6 Å². The lowest BCUT2D eigenvalue weighted by Gasteiger charge is -2.17. The predicted octanol–water partition coefficient (Wildman–Crippen LogP) is 3.66. The molecule has 1 unspecified atom stereocenters. The second-order valence-electron chi connectivity index (χ2n) is 5.17. The van der Waals surface area contributed by atoms with Crippen LogP contribution in [-0.2, 0) is 6.42 Å². The monoisotopic (exact) mass is 296 g/mol. The van der Waals surface area contributed by atoms with Gasteiger partial charge in [-0.05, 0) is 30.8 Å². The fraction of sp³-hybridized carbons (Fsp3) is 0.733. The van der Waals surface area contributed by atoms with E-state index in [1.807, 2.05) is 11.8 Å². The molecule has 0 aliphatic heterocycles. The Morgan fingerprint density at radius 2 is 1.85 bits per heavy atom. The van der Waals surface area contributed by atoms with Crippen molar-refractivity contribution in [1.29, 1.82) is 0 Å². The van der Waals surface area contributed by atoms with Crippen molar-refractivity contribution in [2.75, 3.05) is 35.7 Å². The zero-order valence-electron chi connectivity index (χ0n) is 13.2. The lowest BCUT2D eigenvalue weighted by molar-refractivity contribution is 0.697. The molecule has 1 heterocycles. The topological polar surface area (TPSA) is 49.8 Å². The summed E-state index contributed by atoms with van der Waals surface area (Å²) in [6, 6.07) is 0. The Hall–Kier alpha value is -0.970. The summed E-state index contributed by atoms with van der Waals surface area (Å²) >= 11 is 1.89. The van der Waals surface area contributed by atoms with Crippen molar-refractivity contribution < 1.29 is 0 Å². The number of nitrogens with one attached hydrogen (secondary N) is 2. The number of thioether (sulfide) groups is 1. The highest BCUT2D eigenvalue weighted by Gasteiger charge is 2.11. The van der Waals surface area contributed by atoms with Gasteiger partial charge in [-0.3, -0.25) is 0 Å². The molecule has 0 aromatic carbocycles. The fourth-order valence-corrected chi connectivity index (χ4v) is 2.75. The van der Waals surface area contributed by atoms with Crippen molar-refractivity contribution in [2.45, 2.75) is 40.0 Å². The summed E-state index contributed by atoms with van der Waals surface area (Å²) in [5.74, 6) is 3.79. The lowest BCUT2D eigenvalue weighted by Crippen LogP contribution is -2.16. The van der Waals surface area contributed by atoms with Crippen molar-refractivity contribution in [3.63, 3.8) is 0 Å². The molecule has 114 valence electrons. The Kier molecular flexibility index (Phi) is 8.42. The smallest absolute Gasteiger partial charge is 0.134 e. The minimum absolute atomic E-state index is 0.640. The molecule has 0 saturated carbocycles. The molecular weight excluding hydrogens is 268 g/mol. The average Bonchev–Trinajstić information content (AvgIpc) is 2.45. The quantitative estimate of drug-likeness (QED) is 0.690. The molecule has 0 spiro atoms. The van der Waals surface area contributed by atoms with Crippen LogP contribution in [-0.4, -0.2) is 35.1 Å². The van der Waals surface area contributed by atoms with Crippen LogP contribution in [0.1, 0.15) is 39.2 Å². The molecule has 2 N–H and O–H groups in total. The van der Waals surface area contributed by atoms with Gasteiger partial charge in [0, 0.05) is 18.7 Å². The predicted molar refractivity (Wildman–Crippen MR) is 90.8 cm³/mol. The van der Waals surface area contributed by atoms with Gasteiger partial charge in [-0.2, -0.15) is 11.8 Å². The van der Waals surface area contributed by atoms with Crippen molar-refractivity contribution in [1.82, 2.24) is 9.97 Å². The van der Waals surface area contributed by atoms with Crippen molar-refractivity contribution in [3.8, 4) is 0 Å². The maximum absolute atomic E-state index is 4.43. The van der Waals surface area contributed by atoms with Gasteiger partial charge >= 0.3 is 0 Å². The molecule has 1 rings (SSSR count). The summed E-state index contributed by atoms with van der Waals surface area (Å²) < 4.78 is 0. The molecule has 0 amide bonds. The van der Waals surface area contributed by atoms with E-state index in [9.17, 15) is 0 Å². The third-order valence-corrected chi connectivity index (χ3v) is 3.96. The van der Waals surface area contributed by atoms with Crippen LogP contribution in [0.15, 0.2) is 6.33 Å². The van der Waals surface area contributed by atoms with Gasteiger partial charge in [0.15, 0.2) is 0 Å². The Labute approximate surface area is 127 Å². The molecular formula is C15H28N4S. The molecule has 1 atom stereocenters. The van der Waals surface area contributed by atoms with Gasteiger partial charge in [-0.15, -0.1) is 0 Å². The number of nitrogens with zero attached hydrogens (tertiary/aromatic N) is 2. The average molecular weight is 296 g/mol. The summed E-state index contributed by atoms with van der Waals surface area (Å²) in [5.41, 5.74) is 1.22. The maximum Gasteiger partial charge on any atom is 0.134 e. The van der Waals surface area contributed by atoms with Crippen LogP contribution in [0, 0.1) is 5.92 Å². The van der Waals surface area contributed by atoms with E-state index in [4.69, 9.17) is 0 Å². The molecule has 0 bridgehead atoms. The number of rotatable bonds is 10. The molecule has 0 aliphatic carbocycles. The van der Waals surface area contributed by atoms with Crippen LogP contribution in [0.5, 0.6) is 0 Å². The van der Waals surface area contributed by atoms with Crippen molar-refractivity contribution >= 4 is 23.4 Å². The summed E-state index contributed by atoms with van der Waals surface area (Å²) in [6.07, 6.45) is 7.01. The molecule has 0 aliphatic rings. The van der Waals surface area contributed by atoms with E-state index in [1.165, 1.54) is 11.3 Å². The van der Waals surface area contributed by atoms with Crippen LogP contribution < -0.4 is 10.6 Å². The summed E-state index contributed by atoms with van der Waals surface area (Å²) in [4.78, 5) is 8.82. The van der Waals surface area contributed by atoms with Crippen LogP contribution in [0.2, 0.25) is 0 Å². The Morgan fingerprint density at radius 3 is 2.45 bits per heavy atom. The van der Waals surface area contributed by atoms with Crippen LogP contribution in [0.25, 0.3) is 0 Å². The largest absolute Gasteiger partial charge is 0.370 e. The summed E-state index contributed by atoms with van der Waals surface area (Å²) in [6.45, 7) is 8.53. The van der Waals surface area contributed by atoms with Gasteiger partial charge in [0.05, 0.1) is 0 Å². The summed E-state index contributed by atoms with van der Waals surface area (Å²) in [7, 11) is 0. The van der Waals surface area contributed by atoms with E-state index in [0.717, 1.165) is 44.0 Å². The van der Waals surface area contributed by atoms with Gasteiger partial charge in [-0.1, -0.05) is 27.2 Å². The van der Waals surface area contributed by atoms with Gasteiger partial charge in [0.1, 0.15) is 18.0 Å². The molecule has 0 radical (unpaired) electrons. The van der Waals surface area contributed by atoms with E-state index < -0.39 is 0 Å². The third kappa shape index (κ3) is 5.57. The molecule has 1 aromatic rings. The highest BCUT2D eigenvalue weighted by Crippen LogP contribution is 2.22. The Bertz CT molecular complexity index is 384. The number of anilines is 2. The van der Waals surface area contributed by atoms with Crippen LogP contribution in [0.3, 0.4) is 0 Å². The zero-order chi connectivity index (χ0) is 14.8. The maximum atomic E-state index is 4.43. The molecule has 4 nitrogen and oxygen atoms in total. The first-order valence-corrected chi connectivity index (χ1v) is 8.92. The SMILES string of the molecule is CCCNc1ncnc(NCC(C)CSC)c1CCC. The number of hydrogen-bond acceptors (Lipinski definition) is 5. The van der Waals surface area contributed by atoms with Crippen LogP contribution >= 0.6 is 11.8 Å². The van der Waals surface area contributed by atoms with Gasteiger partial charge < -0.3 is 10.6 Å². The van der Waals surface area contributed by atoms with E-state index in [0.29, 0.717) is 5.92 Å². The minimum Gasteiger partial charge on any atom is -0.370 e. The Balaban J connectivity index is 2.77. The first kappa shape index (κ1) is 17.1. The Morgan fingerprint density at radius 1 is 1.15 bits per heavy atom. The molecule has 0 fully saturated rings. The second-order valence-corrected chi connectivity index (χ2v) is 6.08. The highest BCUT2D eigenvalue weighted by atomic mass is 32.2. The first-order chi connectivity index (χ1) is 9.72. The highest BCUT2D eigenvalue weighted by molar-refractivity contribution is 7.98. The lowest BCUT2D eigenvalue weighted by atomic mass is 10.1. The standard InChI is InChI=1S/C15H28N4S/c1-5-7-13-14(16-8-6-2)18-11-19-15(13)17-9-12(3)10-20-4/h11-12H,5-10H2,1-4H3,(H2,16,17,18,19). The third-order valence-electron chi connectivity index (χ3n) is 3.06. The second kappa shape index (κ2) is 9.86. The van der Waals surface area contributed by atoms with Gasteiger partial charge in [-0.25, -0.2) is 9.97 Å². The number of hydrogen-bond donors (Lipinski definition) is 2. The van der Waals surface area contributed by atoms with E-state index >= 15 is 0 Å². The van der Waals surface area contributed by atoms with Crippen LogP contribution in [0.4, 0.5) is 11.6 Å². The van der Waals surface area contributed by atoms with E-state index in [-0.39, 0.29) is 0 Å².